The SMILES string of the molecule is C=C/C=C\N=C(C)c1ccc(Cl)cc1N1CCCN(c2cc(C(F)(F)F)nc(C)n2)CC1. The van der Waals surface area contributed by atoms with Crippen LogP contribution in [0.25, 0.3) is 0 Å². The van der Waals surface area contributed by atoms with Gasteiger partial charge in [-0.25, -0.2) is 9.97 Å². The minimum Gasteiger partial charge on any atom is -0.369 e. The van der Waals surface area contributed by atoms with E-state index < -0.39 is 11.9 Å². The van der Waals surface area contributed by atoms with Crippen LogP contribution in [0.5, 0.6) is 0 Å². The molecule has 0 spiro atoms. The predicted molar refractivity (Wildman–Crippen MR) is 124 cm³/mol. The van der Waals surface area contributed by atoms with Gasteiger partial charge in [-0.05, 0) is 44.5 Å². The predicted octanol–water partition coefficient (Wildman–Crippen LogP) is 5.68. The second-order valence-corrected chi connectivity index (χ2v) is 7.87. The number of benzene rings is 1. The van der Waals surface area contributed by atoms with Gasteiger partial charge in [-0.2, -0.15) is 13.2 Å². The number of halogens is 4. The summed E-state index contributed by atoms with van der Waals surface area (Å²) < 4.78 is 39.6. The van der Waals surface area contributed by atoms with E-state index in [1.165, 1.54) is 6.92 Å². The minimum absolute atomic E-state index is 0.104. The maximum absolute atomic E-state index is 13.2. The van der Waals surface area contributed by atoms with E-state index >= 15 is 0 Å². The fraction of sp³-hybridized carbons (Fsp3) is 0.348. The third-order valence-electron chi connectivity index (χ3n) is 5.12. The Morgan fingerprint density at radius 2 is 1.84 bits per heavy atom. The number of aliphatic imine (C=N–C) groups is 1. The molecule has 0 amide bonds. The van der Waals surface area contributed by atoms with Crippen LogP contribution in [0, 0.1) is 6.92 Å². The topological polar surface area (TPSA) is 44.6 Å². The van der Waals surface area contributed by atoms with E-state index in [9.17, 15) is 13.2 Å². The van der Waals surface area contributed by atoms with Crippen molar-refractivity contribution in [1.29, 1.82) is 0 Å². The molecule has 1 saturated heterocycles. The van der Waals surface area contributed by atoms with Gasteiger partial charge < -0.3 is 9.80 Å². The van der Waals surface area contributed by atoms with Gasteiger partial charge in [-0.1, -0.05) is 24.3 Å². The highest BCUT2D eigenvalue weighted by Gasteiger charge is 2.34. The molecule has 3 rings (SSSR count). The summed E-state index contributed by atoms with van der Waals surface area (Å²) in [5.74, 6) is 0.401. The van der Waals surface area contributed by atoms with Gasteiger partial charge in [-0.15, -0.1) is 0 Å². The van der Waals surface area contributed by atoms with Crippen molar-refractivity contribution in [2.24, 2.45) is 4.99 Å². The van der Waals surface area contributed by atoms with E-state index in [2.05, 4.69) is 26.4 Å². The molecule has 1 fully saturated rings. The smallest absolute Gasteiger partial charge is 0.369 e. The van der Waals surface area contributed by atoms with Gasteiger partial charge in [0, 0.05) is 60.4 Å². The first-order valence-electron chi connectivity index (χ1n) is 10.2. The highest BCUT2D eigenvalue weighted by molar-refractivity contribution is 6.31. The van der Waals surface area contributed by atoms with Crippen molar-refractivity contribution in [2.75, 3.05) is 36.0 Å². The first-order valence-corrected chi connectivity index (χ1v) is 10.6. The van der Waals surface area contributed by atoms with E-state index in [0.29, 0.717) is 30.5 Å². The van der Waals surface area contributed by atoms with Gasteiger partial charge in [0.05, 0.1) is 0 Å². The monoisotopic (exact) mass is 463 g/mol. The number of hydrogen-bond donors (Lipinski definition) is 0. The number of rotatable bonds is 5. The Balaban J connectivity index is 1.86. The average molecular weight is 464 g/mol. The Labute approximate surface area is 191 Å². The molecule has 0 atom stereocenters. The van der Waals surface area contributed by atoms with Gasteiger partial charge in [0.1, 0.15) is 17.3 Å². The first kappa shape index (κ1) is 23.8. The van der Waals surface area contributed by atoms with Crippen molar-refractivity contribution >= 4 is 28.8 Å². The standard InChI is InChI=1S/C23H25ClF3N5/c1-4-5-9-28-16(2)19-8-7-18(24)14-20(19)31-10-6-11-32(13-12-31)22-15-21(23(25,26)27)29-17(3)30-22/h4-5,7-9,14-15H,1,6,10-13H2,2-3H3/b9-5-,28-16?. The van der Waals surface area contributed by atoms with Crippen LogP contribution in [0.15, 0.2) is 54.2 Å². The summed E-state index contributed by atoms with van der Waals surface area (Å²) in [5, 5.41) is 0.612. The maximum atomic E-state index is 13.2. The van der Waals surface area contributed by atoms with Gasteiger partial charge in [-0.3, -0.25) is 4.99 Å². The zero-order chi connectivity index (χ0) is 23.3. The molecule has 32 heavy (non-hydrogen) atoms. The van der Waals surface area contributed by atoms with E-state index in [4.69, 9.17) is 11.6 Å². The number of nitrogens with zero attached hydrogens (tertiary/aromatic N) is 5. The highest BCUT2D eigenvalue weighted by atomic mass is 35.5. The Morgan fingerprint density at radius 3 is 2.56 bits per heavy atom. The summed E-state index contributed by atoms with van der Waals surface area (Å²) in [5.41, 5.74) is 1.81. The normalized spacial score (nSPS) is 15.9. The van der Waals surface area contributed by atoms with Crippen molar-refractivity contribution in [3.63, 3.8) is 0 Å². The zero-order valence-electron chi connectivity index (χ0n) is 18.0. The van der Waals surface area contributed by atoms with E-state index in [1.54, 1.807) is 18.4 Å². The van der Waals surface area contributed by atoms with Crippen LogP contribution >= 0.6 is 11.6 Å². The summed E-state index contributed by atoms with van der Waals surface area (Å²) in [6, 6.07) is 6.68. The van der Waals surface area contributed by atoms with E-state index in [0.717, 1.165) is 36.0 Å². The van der Waals surface area contributed by atoms with Gasteiger partial charge in [0.15, 0.2) is 0 Å². The fourth-order valence-corrected chi connectivity index (χ4v) is 3.77. The number of aryl methyl sites for hydroxylation is 1. The summed E-state index contributed by atoms with van der Waals surface area (Å²) in [7, 11) is 0. The molecule has 0 unspecified atom stereocenters. The number of allylic oxidation sites excluding steroid dienone is 2. The lowest BCUT2D eigenvalue weighted by atomic mass is 10.1. The first-order chi connectivity index (χ1) is 15.2. The Kier molecular flexibility index (Phi) is 7.56. The quantitative estimate of drug-likeness (QED) is 0.422. The average Bonchev–Trinajstić information content (AvgIpc) is 2.99. The summed E-state index contributed by atoms with van der Waals surface area (Å²) in [6.07, 6.45) is 1.33. The van der Waals surface area contributed by atoms with Crippen molar-refractivity contribution < 1.29 is 13.2 Å². The minimum atomic E-state index is -4.51. The molecule has 0 bridgehead atoms. The van der Waals surface area contributed by atoms with Crippen molar-refractivity contribution in [3.05, 3.63) is 71.3 Å². The van der Waals surface area contributed by atoms with E-state index in [-0.39, 0.29) is 5.82 Å². The maximum Gasteiger partial charge on any atom is 0.433 e. The lowest BCUT2D eigenvalue weighted by Crippen LogP contribution is -2.32. The van der Waals surface area contributed by atoms with Crippen LogP contribution < -0.4 is 9.80 Å². The second kappa shape index (κ2) is 10.2. The summed E-state index contributed by atoms with van der Waals surface area (Å²) >= 11 is 6.28. The molecule has 5 nitrogen and oxygen atoms in total. The Bertz CT molecular complexity index is 1030. The molecule has 170 valence electrons. The molecule has 2 aromatic rings. The van der Waals surface area contributed by atoms with Gasteiger partial charge in [0.25, 0.3) is 0 Å². The molecule has 0 radical (unpaired) electrons. The van der Waals surface area contributed by atoms with Crippen LogP contribution in [0.2, 0.25) is 5.02 Å². The van der Waals surface area contributed by atoms with Gasteiger partial charge >= 0.3 is 6.18 Å². The molecule has 9 heteroatoms. The summed E-state index contributed by atoms with van der Waals surface area (Å²) in [6.45, 7) is 9.49. The second-order valence-electron chi connectivity index (χ2n) is 7.44. The molecule has 1 aliphatic heterocycles. The number of alkyl halides is 3. The van der Waals surface area contributed by atoms with Crippen LogP contribution in [0.3, 0.4) is 0 Å². The fourth-order valence-electron chi connectivity index (χ4n) is 3.60. The molecular weight excluding hydrogens is 439 g/mol. The number of anilines is 2. The molecule has 0 saturated carbocycles. The lowest BCUT2D eigenvalue weighted by Gasteiger charge is -2.26. The lowest BCUT2D eigenvalue weighted by molar-refractivity contribution is -0.141. The third-order valence-corrected chi connectivity index (χ3v) is 5.35. The van der Waals surface area contributed by atoms with Crippen LogP contribution in [0.1, 0.15) is 30.4 Å². The number of hydrogen-bond acceptors (Lipinski definition) is 5. The third kappa shape index (κ3) is 5.88. The van der Waals surface area contributed by atoms with Crippen molar-refractivity contribution in [1.82, 2.24) is 9.97 Å². The molecular formula is C23H25ClF3N5. The van der Waals surface area contributed by atoms with Crippen molar-refractivity contribution in [3.8, 4) is 0 Å². The van der Waals surface area contributed by atoms with Crippen LogP contribution in [-0.4, -0.2) is 41.9 Å². The molecule has 2 heterocycles. The van der Waals surface area contributed by atoms with Crippen LogP contribution in [-0.2, 0) is 6.18 Å². The Morgan fingerprint density at radius 1 is 1.12 bits per heavy atom. The largest absolute Gasteiger partial charge is 0.433 e. The molecule has 1 aromatic heterocycles. The Hall–Kier alpha value is -2.87. The van der Waals surface area contributed by atoms with E-state index in [1.807, 2.05) is 30.0 Å². The molecule has 1 aliphatic rings. The summed E-state index contributed by atoms with van der Waals surface area (Å²) in [4.78, 5) is 16.3. The van der Waals surface area contributed by atoms with Crippen molar-refractivity contribution in [2.45, 2.75) is 26.4 Å². The molecule has 1 aromatic carbocycles. The molecule has 0 aliphatic carbocycles. The zero-order valence-corrected chi connectivity index (χ0v) is 18.8. The van der Waals surface area contributed by atoms with Crippen LogP contribution in [0.4, 0.5) is 24.7 Å². The molecule has 0 N–H and O–H groups in total. The highest BCUT2D eigenvalue weighted by Crippen LogP contribution is 2.31. The van der Waals surface area contributed by atoms with Gasteiger partial charge in [0.2, 0.25) is 0 Å². The number of aromatic nitrogens is 2.